The molecule has 0 saturated heterocycles. The van der Waals surface area contributed by atoms with Gasteiger partial charge in [-0.3, -0.25) is 0 Å². The second-order valence-corrected chi connectivity index (χ2v) is 6.30. The van der Waals surface area contributed by atoms with E-state index in [2.05, 4.69) is 15.3 Å². The standard InChI is InChI=1S/C17H13Cl3N4O2/c1-25-16-6-11(7-23-24-9-21-22-10-24)2-5-15(16)26-8-12-13(18)3-4-14(19)17(12)20/h2-7,9-10H,8H2,1H3/b23-7-. The maximum Gasteiger partial charge on any atom is 0.161 e. The van der Waals surface area contributed by atoms with Crippen LogP contribution in [0.4, 0.5) is 0 Å². The van der Waals surface area contributed by atoms with Crippen LogP contribution in [0, 0.1) is 0 Å². The molecule has 3 aromatic rings. The number of hydrogen-bond acceptors (Lipinski definition) is 5. The van der Waals surface area contributed by atoms with E-state index in [0.717, 1.165) is 5.56 Å². The van der Waals surface area contributed by atoms with Gasteiger partial charge in [0.1, 0.15) is 19.3 Å². The zero-order valence-corrected chi connectivity index (χ0v) is 15.8. The highest BCUT2D eigenvalue weighted by atomic mass is 35.5. The van der Waals surface area contributed by atoms with E-state index in [1.165, 1.54) is 17.3 Å². The van der Waals surface area contributed by atoms with Gasteiger partial charge in [-0.25, -0.2) is 4.68 Å². The zero-order chi connectivity index (χ0) is 18.5. The van der Waals surface area contributed by atoms with E-state index in [9.17, 15) is 0 Å². The first-order valence-corrected chi connectivity index (χ1v) is 8.54. The van der Waals surface area contributed by atoms with Gasteiger partial charge in [0.25, 0.3) is 0 Å². The van der Waals surface area contributed by atoms with Crippen LogP contribution in [0.15, 0.2) is 48.1 Å². The van der Waals surface area contributed by atoms with E-state index in [0.29, 0.717) is 32.1 Å². The molecule has 0 unspecified atom stereocenters. The Morgan fingerprint density at radius 2 is 1.77 bits per heavy atom. The van der Waals surface area contributed by atoms with Crippen molar-refractivity contribution in [1.82, 2.24) is 14.9 Å². The average Bonchev–Trinajstić information content (AvgIpc) is 3.17. The average molecular weight is 412 g/mol. The van der Waals surface area contributed by atoms with Crippen LogP contribution in [0.1, 0.15) is 11.1 Å². The molecule has 1 aromatic heterocycles. The molecule has 3 rings (SSSR count). The Balaban J connectivity index is 1.77. The minimum atomic E-state index is 0.155. The molecule has 2 aromatic carbocycles. The summed E-state index contributed by atoms with van der Waals surface area (Å²) < 4.78 is 12.7. The van der Waals surface area contributed by atoms with Crippen molar-refractivity contribution >= 4 is 41.0 Å². The molecule has 0 amide bonds. The molecule has 0 spiro atoms. The van der Waals surface area contributed by atoms with Crippen molar-refractivity contribution in [1.29, 1.82) is 0 Å². The lowest BCUT2D eigenvalue weighted by Crippen LogP contribution is -2.00. The lowest BCUT2D eigenvalue weighted by Gasteiger charge is -2.13. The molecular formula is C17H13Cl3N4O2. The molecule has 26 heavy (non-hydrogen) atoms. The summed E-state index contributed by atoms with van der Waals surface area (Å²) in [5, 5.41) is 12.8. The fourth-order valence-corrected chi connectivity index (χ4v) is 2.78. The van der Waals surface area contributed by atoms with Crippen molar-refractivity contribution in [2.75, 3.05) is 7.11 Å². The van der Waals surface area contributed by atoms with E-state index in [1.54, 1.807) is 37.6 Å². The third-order valence-electron chi connectivity index (χ3n) is 3.45. The summed E-state index contributed by atoms with van der Waals surface area (Å²) in [6, 6.07) is 8.73. The van der Waals surface area contributed by atoms with Crippen molar-refractivity contribution in [3.05, 3.63) is 69.2 Å². The summed E-state index contributed by atoms with van der Waals surface area (Å²) in [7, 11) is 1.56. The fraction of sp³-hybridized carbons (Fsp3) is 0.118. The molecule has 0 saturated carbocycles. The largest absolute Gasteiger partial charge is 0.493 e. The summed E-state index contributed by atoms with van der Waals surface area (Å²) in [5.41, 5.74) is 1.43. The molecule has 9 heteroatoms. The van der Waals surface area contributed by atoms with Crippen LogP contribution >= 0.6 is 34.8 Å². The number of rotatable bonds is 6. The molecule has 134 valence electrons. The molecule has 0 aliphatic carbocycles. The van der Waals surface area contributed by atoms with Gasteiger partial charge in [-0.1, -0.05) is 34.8 Å². The van der Waals surface area contributed by atoms with Crippen molar-refractivity contribution < 1.29 is 9.47 Å². The highest BCUT2D eigenvalue weighted by molar-refractivity contribution is 6.44. The number of nitrogens with zero attached hydrogens (tertiary/aromatic N) is 4. The van der Waals surface area contributed by atoms with Gasteiger partial charge in [-0.05, 0) is 35.9 Å². The van der Waals surface area contributed by atoms with Crippen LogP contribution in [0.3, 0.4) is 0 Å². The zero-order valence-electron chi connectivity index (χ0n) is 13.6. The Kier molecular flexibility index (Phi) is 5.98. The van der Waals surface area contributed by atoms with E-state index < -0.39 is 0 Å². The minimum Gasteiger partial charge on any atom is -0.493 e. The van der Waals surface area contributed by atoms with E-state index in [-0.39, 0.29) is 6.61 Å². The molecule has 0 aliphatic rings. The highest BCUT2D eigenvalue weighted by Gasteiger charge is 2.12. The quantitative estimate of drug-likeness (QED) is 0.435. The van der Waals surface area contributed by atoms with Gasteiger partial charge in [0.15, 0.2) is 11.5 Å². The molecule has 0 atom stereocenters. The van der Waals surface area contributed by atoms with Gasteiger partial charge in [-0.2, -0.15) is 5.10 Å². The van der Waals surface area contributed by atoms with Gasteiger partial charge in [0, 0.05) is 10.6 Å². The van der Waals surface area contributed by atoms with Crippen LogP contribution in [0.2, 0.25) is 15.1 Å². The Hall–Kier alpha value is -2.28. The lowest BCUT2D eigenvalue weighted by molar-refractivity contribution is 0.284. The summed E-state index contributed by atoms with van der Waals surface area (Å²) in [4.78, 5) is 0. The molecular weight excluding hydrogens is 399 g/mol. The van der Waals surface area contributed by atoms with Crippen LogP contribution in [0.25, 0.3) is 0 Å². The predicted molar refractivity (Wildman–Crippen MR) is 102 cm³/mol. The predicted octanol–water partition coefficient (Wildman–Crippen LogP) is 4.71. The first-order chi connectivity index (χ1) is 12.6. The molecule has 0 fully saturated rings. The lowest BCUT2D eigenvalue weighted by atomic mass is 10.2. The summed E-state index contributed by atoms with van der Waals surface area (Å²) >= 11 is 18.4. The van der Waals surface area contributed by atoms with Crippen LogP contribution < -0.4 is 9.47 Å². The Labute approximate surface area is 164 Å². The highest BCUT2D eigenvalue weighted by Crippen LogP contribution is 2.34. The Morgan fingerprint density at radius 1 is 1.04 bits per heavy atom. The van der Waals surface area contributed by atoms with E-state index in [1.807, 2.05) is 6.07 Å². The SMILES string of the molecule is COc1cc(/C=N\n2cnnc2)ccc1OCc1c(Cl)ccc(Cl)c1Cl. The number of halogens is 3. The molecule has 6 nitrogen and oxygen atoms in total. The van der Waals surface area contributed by atoms with E-state index in [4.69, 9.17) is 44.3 Å². The smallest absolute Gasteiger partial charge is 0.161 e. The number of benzene rings is 2. The van der Waals surface area contributed by atoms with Crippen molar-refractivity contribution in [2.24, 2.45) is 5.10 Å². The maximum atomic E-state index is 6.20. The Morgan fingerprint density at radius 3 is 2.50 bits per heavy atom. The van der Waals surface area contributed by atoms with Crippen molar-refractivity contribution in [3.8, 4) is 11.5 Å². The molecule has 0 aliphatic heterocycles. The number of methoxy groups -OCH3 is 1. The topological polar surface area (TPSA) is 61.5 Å². The van der Waals surface area contributed by atoms with Gasteiger partial charge < -0.3 is 9.47 Å². The number of ether oxygens (including phenoxy) is 2. The third-order valence-corrected chi connectivity index (χ3v) is 4.64. The monoisotopic (exact) mass is 410 g/mol. The van der Waals surface area contributed by atoms with Crippen LogP contribution in [0.5, 0.6) is 11.5 Å². The van der Waals surface area contributed by atoms with Gasteiger partial charge in [-0.15, -0.1) is 10.2 Å². The normalized spacial score (nSPS) is 11.1. The Bertz CT molecular complexity index is 930. The number of aromatic nitrogens is 3. The van der Waals surface area contributed by atoms with Crippen molar-refractivity contribution in [2.45, 2.75) is 6.61 Å². The van der Waals surface area contributed by atoms with E-state index >= 15 is 0 Å². The maximum absolute atomic E-state index is 6.20. The van der Waals surface area contributed by atoms with Crippen LogP contribution in [-0.2, 0) is 6.61 Å². The fourth-order valence-electron chi connectivity index (χ4n) is 2.12. The van der Waals surface area contributed by atoms with Gasteiger partial charge in [0.2, 0.25) is 0 Å². The number of hydrogen-bond donors (Lipinski definition) is 0. The van der Waals surface area contributed by atoms with Gasteiger partial charge in [0.05, 0.1) is 23.4 Å². The minimum absolute atomic E-state index is 0.155. The third kappa shape index (κ3) is 4.27. The second-order valence-electron chi connectivity index (χ2n) is 5.11. The molecule has 0 radical (unpaired) electrons. The summed E-state index contributed by atoms with van der Waals surface area (Å²) in [6.07, 6.45) is 4.63. The van der Waals surface area contributed by atoms with Gasteiger partial charge >= 0.3 is 0 Å². The molecule has 1 heterocycles. The second kappa shape index (κ2) is 8.40. The molecule has 0 N–H and O–H groups in total. The summed E-state index contributed by atoms with van der Waals surface area (Å²) in [5.74, 6) is 1.09. The first kappa shape index (κ1) is 18.5. The van der Waals surface area contributed by atoms with Crippen molar-refractivity contribution in [3.63, 3.8) is 0 Å². The van der Waals surface area contributed by atoms with Crippen LogP contribution in [-0.4, -0.2) is 28.2 Å². The summed E-state index contributed by atoms with van der Waals surface area (Å²) in [6.45, 7) is 0.155. The molecule has 0 bridgehead atoms. The first-order valence-electron chi connectivity index (χ1n) is 7.40.